The molecule has 1 atom stereocenters. The second-order valence-electron chi connectivity index (χ2n) is 3.13. The van der Waals surface area contributed by atoms with Gasteiger partial charge in [0.2, 0.25) is 5.91 Å². The molecule has 0 saturated carbocycles. The first kappa shape index (κ1) is 11.8. The molecule has 0 aromatic heterocycles. The number of rotatable bonds is 4. The van der Waals surface area contributed by atoms with Crippen LogP contribution in [-0.2, 0) is 4.79 Å². The van der Waals surface area contributed by atoms with Crippen molar-refractivity contribution in [3.8, 4) is 0 Å². The molecule has 0 aliphatic heterocycles. The average Bonchev–Trinajstić information content (AvgIpc) is 2.18. The van der Waals surface area contributed by atoms with Crippen molar-refractivity contribution in [3.63, 3.8) is 0 Å². The summed E-state index contributed by atoms with van der Waals surface area (Å²) in [5, 5.41) is 3.10. The molecule has 1 unspecified atom stereocenters. The monoisotopic (exact) mass is 230 g/mol. The molecule has 0 aliphatic carbocycles. The van der Waals surface area contributed by atoms with Gasteiger partial charge in [0.15, 0.2) is 0 Å². The van der Waals surface area contributed by atoms with Crippen molar-refractivity contribution >= 4 is 23.2 Å². The van der Waals surface area contributed by atoms with Crippen molar-refractivity contribution in [2.75, 3.05) is 5.32 Å². The van der Waals surface area contributed by atoms with Gasteiger partial charge in [0.25, 0.3) is 0 Å². The summed E-state index contributed by atoms with van der Waals surface area (Å²) >= 11 is 5.70. The van der Waals surface area contributed by atoms with Gasteiger partial charge < -0.3 is 11.1 Å². The highest BCUT2D eigenvalue weighted by atomic mass is 35.5. The number of nitrogens with two attached hydrogens (primary N) is 1. The van der Waals surface area contributed by atoms with Gasteiger partial charge in [-0.1, -0.05) is 18.5 Å². The van der Waals surface area contributed by atoms with E-state index in [1.54, 1.807) is 6.92 Å². The predicted octanol–water partition coefficient (Wildman–Crippen LogP) is 2.15. The summed E-state index contributed by atoms with van der Waals surface area (Å²) in [6, 6.07) is 3.51. The van der Waals surface area contributed by atoms with E-state index in [0.717, 1.165) is 0 Å². The molecule has 0 heterocycles. The highest BCUT2D eigenvalue weighted by Gasteiger charge is 2.14. The molecule has 0 fully saturated rings. The lowest BCUT2D eigenvalue weighted by molar-refractivity contribution is -0.118. The number of hydrogen-bond donors (Lipinski definition) is 2. The number of primary amides is 1. The van der Waals surface area contributed by atoms with Gasteiger partial charge in [-0.15, -0.1) is 0 Å². The van der Waals surface area contributed by atoms with Crippen LogP contribution in [0.2, 0.25) is 5.02 Å². The van der Waals surface area contributed by atoms with Gasteiger partial charge in [0, 0.05) is 5.02 Å². The van der Waals surface area contributed by atoms with Gasteiger partial charge in [0.1, 0.15) is 11.9 Å². The zero-order valence-electron chi connectivity index (χ0n) is 8.26. The van der Waals surface area contributed by atoms with Crippen LogP contribution in [0.15, 0.2) is 18.2 Å². The normalized spacial score (nSPS) is 12.2. The summed E-state index contributed by atoms with van der Waals surface area (Å²) in [7, 11) is 0. The van der Waals surface area contributed by atoms with Crippen LogP contribution in [0.25, 0.3) is 0 Å². The Bertz CT molecular complexity index is 370. The molecule has 0 aliphatic rings. The van der Waals surface area contributed by atoms with E-state index in [4.69, 9.17) is 17.3 Å². The third-order valence-electron chi connectivity index (χ3n) is 2.01. The second kappa shape index (κ2) is 4.98. The lowest BCUT2D eigenvalue weighted by Crippen LogP contribution is -2.34. The molecule has 0 bridgehead atoms. The molecule has 1 amide bonds. The standard InChI is InChI=1S/C10H12ClFN2O/c1-2-8(10(13)15)14-9-5-6(11)3-4-7(9)12/h3-5,8,14H,2H2,1H3,(H2,13,15). The Morgan fingerprint density at radius 3 is 2.87 bits per heavy atom. The van der Waals surface area contributed by atoms with E-state index in [2.05, 4.69) is 5.32 Å². The smallest absolute Gasteiger partial charge is 0.239 e. The quantitative estimate of drug-likeness (QED) is 0.833. The Morgan fingerprint density at radius 2 is 2.33 bits per heavy atom. The Hall–Kier alpha value is -1.29. The van der Waals surface area contributed by atoms with Crippen LogP contribution in [0.1, 0.15) is 13.3 Å². The van der Waals surface area contributed by atoms with E-state index in [-0.39, 0.29) is 5.69 Å². The van der Waals surface area contributed by atoms with Crippen LogP contribution in [0, 0.1) is 5.82 Å². The van der Waals surface area contributed by atoms with Crippen LogP contribution in [0.4, 0.5) is 10.1 Å². The maximum absolute atomic E-state index is 13.3. The van der Waals surface area contributed by atoms with Crippen LogP contribution in [0.5, 0.6) is 0 Å². The summed E-state index contributed by atoms with van der Waals surface area (Å²) in [5.74, 6) is -0.976. The fourth-order valence-corrected chi connectivity index (χ4v) is 1.34. The van der Waals surface area contributed by atoms with Gasteiger partial charge in [-0.05, 0) is 24.6 Å². The molecule has 3 N–H and O–H groups in total. The topological polar surface area (TPSA) is 55.1 Å². The molecule has 1 aromatic rings. The van der Waals surface area contributed by atoms with Gasteiger partial charge in [0.05, 0.1) is 5.69 Å². The lowest BCUT2D eigenvalue weighted by Gasteiger charge is -2.15. The third-order valence-corrected chi connectivity index (χ3v) is 2.24. The van der Waals surface area contributed by atoms with Crippen LogP contribution >= 0.6 is 11.6 Å². The van der Waals surface area contributed by atoms with E-state index < -0.39 is 17.8 Å². The van der Waals surface area contributed by atoms with Crippen LogP contribution in [-0.4, -0.2) is 11.9 Å². The molecule has 82 valence electrons. The number of carbonyl (C=O) groups excluding carboxylic acids is 1. The Morgan fingerprint density at radius 1 is 1.67 bits per heavy atom. The largest absolute Gasteiger partial charge is 0.371 e. The molecule has 0 spiro atoms. The summed E-state index contributed by atoms with van der Waals surface area (Å²) in [6.07, 6.45) is 0.487. The maximum Gasteiger partial charge on any atom is 0.239 e. The van der Waals surface area contributed by atoms with Crippen LogP contribution < -0.4 is 11.1 Å². The number of hydrogen-bond acceptors (Lipinski definition) is 2. The zero-order valence-corrected chi connectivity index (χ0v) is 9.01. The predicted molar refractivity (Wildman–Crippen MR) is 58.3 cm³/mol. The minimum Gasteiger partial charge on any atom is -0.371 e. The first-order valence-corrected chi connectivity index (χ1v) is 4.93. The molecule has 5 heteroatoms. The van der Waals surface area contributed by atoms with Crippen molar-refractivity contribution in [2.24, 2.45) is 5.73 Å². The van der Waals surface area contributed by atoms with Gasteiger partial charge >= 0.3 is 0 Å². The number of carbonyl (C=O) groups is 1. The van der Waals surface area contributed by atoms with Crippen LogP contribution in [0.3, 0.4) is 0 Å². The lowest BCUT2D eigenvalue weighted by atomic mass is 10.2. The van der Waals surface area contributed by atoms with Crippen molar-refractivity contribution in [3.05, 3.63) is 29.0 Å². The fourth-order valence-electron chi connectivity index (χ4n) is 1.17. The van der Waals surface area contributed by atoms with E-state index in [9.17, 15) is 9.18 Å². The zero-order chi connectivity index (χ0) is 11.4. The number of anilines is 1. The summed E-state index contributed by atoms with van der Waals surface area (Å²) < 4.78 is 13.3. The number of nitrogens with one attached hydrogen (secondary N) is 1. The molecule has 15 heavy (non-hydrogen) atoms. The maximum atomic E-state index is 13.3. The van der Waals surface area contributed by atoms with Gasteiger partial charge in [-0.3, -0.25) is 4.79 Å². The fraction of sp³-hybridized carbons (Fsp3) is 0.300. The Kier molecular flexibility index (Phi) is 3.91. The Balaban J connectivity index is 2.87. The SMILES string of the molecule is CCC(Nc1cc(Cl)ccc1F)C(N)=O. The second-order valence-corrected chi connectivity index (χ2v) is 3.57. The first-order chi connectivity index (χ1) is 7.04. The van der Waals surface area contributed by atoms with Crippen molar-refractivity contribution < 1.29 is 9.18 Å². The third kappa shape index (κ3) is 3.09. The summed E-state index contributed by atoms with van der Waals surface area (Å²) in [6.45, 7) is 1.78. The molecular formula is C10H12ClFN2O. The molecule has 1 rings (SSSR count). The highest BCUT2D eigenvalue weighted by molar-refractivity contribution is 6.30. The van der Waals surface area contributed by atoms with Gasteiger partial charge in [-0.25, -0.2) is 4.39 Å². The highest BCUT2D eigenvalue weighted by Crippen LogP contribution is 2.20. The molecule has 0 saturated heterocycles. The summed E-state index contributed by atoms with van der Waals surface area (Å²) in [4.78, 5) is 10.9. The molecule has 0 radical (unpaired) electrons. The van der Waals surface area contributed by atoms with E-state index in [1.807, 2.05) is 0 Å². The van der Waals surface area contributed by atoms with Crippen molar-refractivity contribution in [1.29, 1.82) is 0 Å². The minimum absolute atomic E-state index is 0.188. The number of halogens is 2. The van der Waals surface area contributed by atoms with Crippen molar-refractivity contribution in [2.45, 2.75) is 19.4 Å². The van der Waals surface area contributed by atoms with E-state index in [0.29, 0.717) is 11.4 Å². The molecular weight excluding hydrogens is 219 g/mol. The minimum atomic E-state index is -0.585. The van der Waals surface area contributed by atoms with E-state index in [1.165, 1.54) is 18.2 Å². The van der Waals surface area contributed by atoms with Crippen molar-refractivity contribution in [1.82, 2.24) is 0 Å². The molecule has 3 nitrogen and oxygen atoms in total. The number of amides is 1. The van der Waals surface area contributed by atoms with E-state index >= 15 is 0 Å². The summed E-state index contributed by atoms with van der Waals surface area (Å²) in [5.41, 5.74) is 5.31. The first-order valence-electron chi connectivity index (χ1n) is 4.55. The Labute approximate surface area is 92.4 Å². The molecule has 1 aromatic carbocycles. The average molecular weight is 231 g/mol. The number of benzene rings is 1. The van der Waals surface area contributed by atoms with Gasteiger partial charge in [-0.2, -0.15) is 0 Å².